The molecular weight excluding hydrogens is 323 g/mol. The summed E-state index contributed by atoms with van der Waals surface area (Å²) in [5, 5.41) is 7.74. The van der Waals surface area contributed by atoms with Crippen LogP contribution in [0.5, 0.6) is 0 Å². The Bertz CT molecular complexity index is 687. The van der Waals surface area contributed by atoms with E-state index in [0.29, 0.717) is 49.1 Å². The number of halogens is 3. The summed E-state index contributed by atoms with van der Waals surface area (Å²) in [5.41, 5.74) is 0.985. The Kier molecular flexibility index (Phi) is 4.86. The number of alkyl halides is 3. The number of hydrogen-bond donors (Lipinski definition) is 0. The van der Waals surface area contributed by atoms with Crippen LogP contribution in [0.2, 0.25) is 0 Å². The number of aryl methyl sites for hydroxylation is 1. The van der Waals surface area contributed by atoms with Crippen LogP contribution in [0.25, 0.3) is 0 Å². The van der Waals surface area contributed by atoms with E-state index in [9.17, 15) is 13.2 Å². The smallest absolute Gasteiger partial charge is 0.393 e. The summed E-state index contributed by atoms with van der Waals surface area (Å²) in [5.74, 6) is 0.863. The van der Waals surface area contributed by atoms with E-state index in [-0.39, 0.29) is 6.10 Å². The van der Waals surface area contributed by atoms with Crippen molar-refractivity contribution in [2.45, 2.75) is 32.2 Å². The van der Waals surface area contributed by atoms with Gasteiger partial charge in [-0.2, -0.15) is 13.2 Å². The summed E-state index contributed by atoms with van der Waals surface area (Å²) in [6.07, 6.45) is -5.49. The first-order valence-electron chi connectivity index (χ1n) is 7.68. The standard InChI is InChI=1S/C16H18F3N3O2/c1-11-20-21-15(24-11)14-10-22(6-7-23-14)9-13-5-3-2-4-12(13)8-16(17,18)19/h2-5,14H,6-10H2,1H3. The van der Waals surface area contributed by atoms with E-state index >= 15 is 0 Å². The molecule has 0 N–H and O–H groups in total. The number of rotatable bonds is 4. The van der Waals surface area contributed by atoms with Gasteiger partial charge in [0.1, 0.15) is 6.10 Å². The van der Waals surface area contributed by atoms with E-state index in [4.69, 9.17) is 9.15 Å². The SMILES string of the molecule is Cc1nnc(C2CN(Cc3ccccc3CC(F)(F)F)CCO2)o1. The third-order valence-corrected chi connectivity index (χ3v) is 3.87. The van der Waals surface area contributed by atoms with Crippen molar-refractivity contribution in [1.29, 1.82) is 0 Å². The maximum atomic E-state index is 12.7. The predicted octanol–water partition coefficient (Wildman–Crippen LogP) is 3.06. The monoisotopic (exact) mass is 341 g/mol. The van der Waals surface area contributed by atoms with E-state index in [0.717, 1.165) is 0 Å². The molecule has 5 nitrogen and oxygen atoms in total. The number of aromatic nitrogens is 2. The topological polar surface area (TPSA) is 51.4 Å². The van der Waals surface area contributed by atoms with Crippen LogP contribution in [0.3, 0.4) is 0 Å². The molecule has 0 amide bonds. The van der Waals surface area contributed by atoms with Crippen LogP contribution in [-0.4, -0.2) is 41.0 Å². The number of morpholine rings is 1. The molecule has 2 heterocycles. The quantitative estimate of drug-likeness (QED) is 0.855. The minimum absolute atomic E-state index is 0.307. The second kappa shape index (κ2) is 6.90. The molecule has 1 unspecified atom stereocenters. The minimum atomic E-state index is -4.22. The lowest BCUT2D eigenvalue weighted by atomic mass is 10.0. The number of ether oxygens (including phenoxy) is 1. The highest BCUT2D eigenvalue weighted by molar-refractivity contribution is 5.28. The van der Waals surface area contributed by atoms with Gasteiger partial charge in [0.05, 0.1) is 13.0 Å². The van der Waals surface area contributed by atoms with Crippen molar-refractivity contribution in [1.82, 2.24) is 15.1 Å². The zero-order valence-electron chi connectivity index (χ0n) is 13.2. The van der Waals surface area contributed by atoms with Crippen LogP contribution >= 0.6 is 0 Å². The van der Waals surface area contributed by atoms with Crippen molar-refractivity contribution in [3.8, 4) is 0 Å². The highest BCUT2D eigenvalue weighted by Crippen LogP contribution is 2.26. The fourth-order valence-electron chi connectivity index (χ4n) is 2.78. The molecule has 3 rings (SSSR count). The Morgan fingerprint density at radius 1 is 1.21 bits per heavy atom. The molecule has 24 heavy (non-hydrogen) atoms. The van der Waals surface area contributed by atoms with Gasteiger partial charge < -0.3 is 9.15 Å². The number of hydrogen-bond acceptors (Lipinski definition) is 5. The Labute approximate surface area is 137 Å². The van der Waals surface area contributed by atoms with Crippen molar-refractivity contribution in [2.75, 3.05) is 19.7 Å². The van der Waals surface area contributed by atoms with E-state index in [2.05, 4.69) is 10.2 Å². The van der Waals surface area contributed by atoms with Gasteiger partial charge in [0.2, 0.25) is 11.8 Å². The van der Waals surface area contributed by atoms with Crippen molar-refractivity contribution in [3.05, 3.63) is 47.2 Å². The molecule has 8 heteroatoms. The van der Waals surface area contributed by atoms with Crippen molar-refractivity contribution < 1.29 is 22.3 Å². The zero-order valence-corrected chi connectivity index (χ0v) is 13.2. The highest BCUT2D eigenvalue weighted by atomic mass is 19.4. The summed E-state index contributed by atoms with van der Waals surface area (Å²) in [7, 11) is 0. The highest BCUT2D eigenvalue weighted by Gasteiger charge is 2.30. The van der Waals surface area contributed by atoms with Gasteiger partial charge in [-0.1, -0.05) is 24.3 Å². The van der Waals surface area contributed by atoms with Crippen LogP contribution in [0.4, 0.5) is 13.2 Å². The molecule has 1 saturated heterocycles. The van der Waals surface area contributed by atoms with Gasteiger partial charge in [-0.05, 0) is 11.1 Å². The normalized spacial score (nSPS) is 19.6. The van der Waals surface area contributed by atoms with Gasteiger partial charge in [-0.25, -0.2) is 0 Å². The first kappa shape index (κ1) is 16.9. The second-order valence-corrected chi connectivity index (χ2v) is 5.81. The third-order valence-electron chi connectivity index (χ3n) is 3.87. The maximum absolute atomic E-state index is 12.7. The third kappa shape index (κ3) is 4.33. The second-order valence-electron chi connectivity index (χ2n) is 5.81. The van der Waals surface area contributed by atoms with E-state index < -0.39 is 12.6 Å². The molecule has 1 aromatic carbocycles. The maximum Gasteiger partial charge on any atom is 0.393 e. The Morgan fingerprint density at radius 3 is 2.62 bits per heavy atom. The lowest BCUT2D eigenvalue weighted by molar-refractivity contribution is -0.127. The first-order valence-corrected chi connectivity index (χ1v) is 7.68. The van der Waals surface area contributed by atoms with Crippen LogP contribution in [-0.2, 0) is 17.7 Å². The zero-order chi connectivity index (χ0) is 17.2. The molecule has 1 aliphatic rings. The Hall–Kier alpha value is -1.93. The molecule has 0 radical (unpaired) electrons. The number of nitrogens with zero attached hydrogens (tertiary/aromatic N) is 3. The van der Waals surface area contributed by atoms with Gasteiger partial charge in [0, 0.05) is 26.6 Å². The van der Waals surface area contributed by atoms with Crippen molar-refractivity contribution in [2.24, 2.45) is 0 Å². The van der Waals surface area contributed by atoms with Gasteiger partial charge in [0.25, 0.3) is 0 Å². The lowest BCUT2D eigenvalue weighted by Crippen LogP contribution is -2.38. The summed E-state index contributed by atoms with van der Waals surface area (Å²) >= 11 is 0. The average molecular weight is 341 g/mol. The van der Waals surface area contributed by atoms with Crippen LogP contribution < -0.4 is 0 Å². The van der Waals surface area contributed by atoms with E-state index in [1.807, 2.05) is 4.90 Å². The first-order chi connectivity index (χ1) is 11.4. The lowest BCUT2D eigenvalue weighted by Gasteiger charge is -2.31. The minimum Gasteiger partial charge on any atom is -0.423 e. The number of benzene rings is 1. The molecule has 0 saturated carbocycles. The van der Waals surface area contributed by atoms with Crippen molar-refractivity contribution in [3.63, 3.8) is 0 Å². The molecular formula is C16H18F3N3O2. The molecule has 1 aromatic heterocycles. The van der Waals surface area contributed by atoms with E-state index in [1.165, 1.54) is 6.07 Å². The Morgan fingerprint density at radius 2 is 1.96 bits per heavy atom. The van der Waals surface area contributed by atoms with Gasteiger partial charge in [0.15, 0.2) is 0 Å². The molecule has 0 aliphatic carbocycles. The van der Waals surface area contributed by atoms with E-state index in [1.54, 1.807) is 25.1 Å². The fraction of sp³-hybridized carbons (Fsp3) is 0.500. The van der Waals surface area contributed by atoms with Crippen LogP contribution in [0.1, 0.15) is 29.0 Å². The van der Waals surface area contributed by atoms with Gasteiger partial charge >= 0.3 is 6.18 Å². The summed E-state index contributed by atoms with van der Waals surface area (Å²) in [6.45, 7) is 3.74. The summed E-state index contributed by atoms with van der Waals surface area (Å²) < 4.78 is 49.2. The molecule has 1 aliphatic heterocycles. The molecule has 1 fully saturated rings. The van der Waals surface area contributed by atoms with Gasteiger partial charge in [-0.15, -0.1) is 10.2 Å². The van der Waals surface area contributed by atoms with Crippen LogP contribution in [0, 0.1) is 6.92 Å². The summed E-state index contributed by atoms with van der Waals surface area (Å²) in [4.78, 5) is 2.04. The molecule has 0 spiro atoms. The summed E-state index contributed by atoms with van der Waals surface area (Å²) in [6, 6.07) is 6.66. The van der Waals surface area contributed by atoms with Gasteiger partial charge in [-0.3, -0.25) is 4.90 Å². The average Bonchev–Trinajstić information content (AvgIpc) is 2.95. The largest absolute Gasteiger partial charge is 0.423 e. The Balaban J connectivity index is 1.70. The predicted molar refractivity (Wildman–Crippen MR) is 79.2 cm³/mol. The van der Waals surface area contributed by atoms with Crippen LogP contribution in [0.15, 0.2) is 28.7 Å². The molecule has 2 aromatic rings. The van der Waals surface area contributed by atoms with Crippen molar-refractivity contribution >= 4 is 0 Å². The fourth-order valence-corrected chi connectivity index (χ4v) is 2.78. The molecule has 1 atom stereocenters. The molecule has 130 valence electrons. The molecule has 0 bridgehead atoms.